The molecule has 0 N–H and O–H groups in total. The number of hydrogen-bond donors (Lipinski definition) is 0. The van der Waals surface area contributed by atoms with Crippen molar-refractivity contribution in [3.63, 3.8) is 0 Å². The van der Waals surface area contributed by atoms with Crippen molar-refractivity contribution in [2.24, 2.45) is 0 Å². The molecule has 3 heterocycles. The molecule has 1 aromatic heterocycles. The van der Waals surface area contributed by atoms with Crippen molar-refractivity contribution < 1.29 is 9.53 Å². The zero-order chi connectivity index (χ0) is 29.8. The van der Waals surface area contributed by atoms with Crippen molar-refractivity contribution in [2.75, 3.05) is 50.6 Å². The minimum absolute atomic E-state index is 0.104. The van der Waals surface area contributed by atoms with Gasteiger partial charge in [0.2, 0.25) is 5.91 Å². The highest BCUT2D eigenvalue weighted by molar-refractivity contribution is 6.19. The number of likely N-dealkylation sites (tertiary alicyclic amines) is 1. The van der Waals surface area contributed by atoms with Crippen LogP contribution >= 0.6 is 11.6 Å². The minimum atomic E-state index is -0.236. The number of carbonyl (C=O) groups excluding carboxylic acids is 1. The molecule has 1 amide bonds. The van der Waals surface area contributed by atoms with E-state index in [4.69, 9.17) is 26.3 Å². The van der Waals surface area contributed by atoms with Crippen molar-refractivity contribution in [3.05, 3.63) is 71.4 Å². The number of amides is 1. The van der Waals surface area contributed by atoms with Gasteiger partial charge in [0.1, 0.15) is 12.4 Å². The number of carbonyl (C=O) groups is 1. The van der Waals surface area contributed by atoms with E-state index < -0.39 is 0 Å². The third-order valence-electron chi connectivity index (χ3n) is 9.31. The summed E-state index contributed by atoms with van der Waals surface area (Å²) in [7, 11) is 2.15. The lowest BCUT2D eigenvalue weighted by Gasteiger charge is -2.42. The molecule has 2 saturated heterocycles. The second-order valence-corrected chi connectivity index (χ2v) is 12.2. The van der Waals surface area contributed by atoms with Crippen LogP contribution in [0.3, 0.4) is 0 Å². The third kappa shape index (κ3) is 6.34. The lowest BCUT2D eigenvalue weighted by Crippen LogP contribution is -2.55. The van der Waals surface area contributed by atoms with E-state index in [2.05, 4.69) is 65.4 Å². The van der Waals surface area contributed by atoms with E-state index >= 15 is 0 Å². The summed E-state index contributed by atoms with van der Waals surface area (Å²) in [5.74, 6) is 1.42. The highest BCUT2D eigenvalue weighted by Crippen LogP contribution is 2.39. The summed E-state index contributed by atoms with van der Waals surface area (Å²) < 4.78 is 6.32. The zero-order valence-corrected chi connectivity index (χ0v) is 25.5. The summed E-state index contributed by atoms with van der Waals surface area (Å²) in [5, 5.41) is 12.2. The Bertz CT molecular complexity index is 1530. The lowest BCUT2D eigenvalue weighted by atomic mass is 9.80. The van der Waals surface area contributed by atoms with Crippen LogP contribution in [-0.4, -0.2) is 83.5 Å². The van der Waals surface area contributed by atoms with Crippen LogP contribution in [0.25, 0.3) is 10.8 Å². The van der Waals surface area contributed by atoms with Gasteiger partial charge < -0.3 is 19.4 Å². The number of benzene rings is 2. The zero-order valence-electron chi connectivity index (χ0n) is 24.8. The van der Waals surface area contributed by atoms with Crippen LogP contribution in [0, 0.1) is 11.3 Å². The molecule has 2 fully saturated rings. The number of halogens is 1. The number of allylic oxidation sites excluding steroid dienone is 1. The van der Waals surface area contributed by atoms with E-state index in [1.165, 1.54) is 34.4 Å². The number of nitriles is 1. The van der Waals surface area contributed by atoms with Gasteiger partial charge in [-0.05, 0) is 68.0 Å². The summed E-state index contributed by atoms with van der Waals surface area (Å²) in [5.41, 5.74) is 3.58. The number of likely N-dealkylation sites (N-methyl/N-ethyl adjacent to an activating group) is 1. The van der Waals surface area contributed by atoms with Gasteiger partial charge in [-0.15, -0.1) is 11.6 Å². The molecule has 6 rings (SSSR count). The van der Waals surface area contributed by atoms with Gasteiger partial charge in [-0.25, -0.2) is 0 Å². The van der Waals surface area contributed by atoms with Gasteiger partial charge in [0, 0.05) is 43.2 Å². The number of piperazine rings is 1. The van der Waals surface area contributed by atoms with E-state index in [1.54, 1.807) is 11.0 Å². The molecule has 2 aromatic carbocycles. The molecule has 0 spiro atoms. The van der Waals surface area contributed by atoms with Crippen molar-refractivity contribution in [1.82, 2.24) is 19.8 Å². The van der Waals surface area contributed by atoms with Crippen LogP contribution in [0.2, 0.25) is 0 Å². The van der Waals surface area contributed by atoms with E-state index in [0.29, 0.717) is 44.2 Å². The summed E-state index contributed by atoms with van der Waals surface area (Å²) in [6, 6.07) is 18.0. The molecule has 1 unspecified atom stereocenters. The topological polar surface area (TPSA) is 85.6 Å². The predicted molar refractivity (Wildman–Crippen MR) is 170 cm³/mol. The highest BCUT2D eigenvalue weighted by Gasteiger charge is 2.34. The smallest absolute Gasteiger partial charge is 0.318 e. The fourth-order valence-corrected chi connectivity index (χ4v) is 7.08. The Morgan fingerprint density at radius 2 is 1.98 bits per heavy atom. The molecule has 0 saturated carbocycles. The van der Waals surface area contributed by atoms with Crippen LogP contribution in [0.1, 0.15) is 48.4 Å². The standard InChI is InChI=1S/C34H39ClN6O2/c1-39-18-6-9-27(39)23-43-34-37-31-21-25(29-11-4-8-24-7-2-3-10-28(24)29)13-14-30(31)33(38-34)40-19-20-41(26(22-40)15-17-36)32(42)12-5-16-35/h2-5,7-8,10-12,25-27H,6,9,13-16,18-23H2,1H3/b12-5+/t25?,26-,27-/m0/s1. The Balaban J connectivity index is 1.31. The predicted octanol–water partition coefficient (Wildman–Crippen LogP) is 5.10. The molecule has 0 bridgehead atoms. The van der Waals surface area contributed by atoms with Crippen LogP contribution < -0.4 is 9.64 Å². The fourth-order valence-electron chi connectivity index (χ4n) is 6.99. The van der Waals surface area contributed by atoms with Crippen molar-refractivity contribution in [2.45, 2.75) is 56.5 Å². The number of rotatable bonds is 8. The number of hydrogen-bond acceptors (Lipinski definition) is 7. The first-order valence-corrected chi connectivity index (χ1v) is 15.9. The highest BCUT2D eigenvalue weighted by atomic mass is 35.5. The molecule has 224 valence electrons. The number of alkyl halides is 1. The average Bonchev–Trinajstić information content (AvgIpc) is 3.46. The first-order valence-electron chi connectivity index (χ1n) is 15.4. The van der Waals surface area contributed by atoms with Crippen molar-refractivity contribution in [1.29, 1.82) is 5.26 Å². The molecule has 0 radical (unpaired) electrons. The normalized spacial score (nSPS) is 22.6. The molecular weight excluding hydrogens is 560 g/mol. The number of ether oxygens (including phenoxy) is 1. The molecular formula is C34H39ClN6O2. The Morgan fingerprint density at radius 1 is 1.12 bits per heavy atom. The van der Waals surface area contributed by atoms with Crippen LogP contribution in [-0.2, 0) is 17.6 Å². The molecule has 43 heavy (non-hydrogen) atoms. The number of nitrogens with zero attached hydrogens (tertiary/aromatic N) is 6. The summed E-state index contributed by atoms with van der Waals surface area (Å²) in [6.07, 6.45) is 8.40. The Morgan fingerprint density at radius 3 is 2.79 bits per heavy atom. The van der Waals surface area contributed by atoms with Gasteiger partial charge in [0.25, 0.3) is 0 Å². The van der Waals surface area contributed by atoms with Gasteiger partial charge in [-0.3, -0.25) is 4.79 Å². The largest absolute Gasteiger partial charge is 0.462 e. The van der Waals surface area contributed by atoms with E-state index in [9.17, 15) is 10.1 Å². The maximum atomic E-state index is 12.9. The SMILES string of the molecule is CN1CCC[C@H]1COc1nc2c(c(N3CCN(C(=O)/C=C/CCl)[C@@H](CC#N)C3)n1)CCC(c1cccc3ccccc13)C2. The fraction of sp³-hybridized carbons (Fsp3) is 0.471. The molecule has 2 aliphatic heterocycles. The van der Waals surface area contributed by atoms with Crippen LogP contribution in [0.15, 0.2) is 54.6 Å². The number of anilines is 1. The maximum absolute atomic E-state index is 12.9. The molecule has 8 nitrogen and oxygen atoms in total. The summed E-state index contributed by atoms with van der Waals surface area (Å²) in [4.78, 5) is 29.3. The van der Waals surface area contributed by atoms with E-state index in [-0.39, 0.29) is 24.2 Å². The molecule has 3 aliphatic rings. The van der Waals surface area contributed by atoms with Crippen LogP contribution in [0.5, 0.6) is 6.01 Å². The van der Waals surface area contributed by atoms with Crippen molar-refractivity contribution >= 4 is 34.1 Å². The Kier molecular flexibility index (Phi) is 9.11. The minimum Gasteiger partial charge on any atom is -0.462 e. The second kappa shape index (κ2) is 13.3. The maximum Gasteiger partial charge on any atom is 0.318 e. The van der Waals surface area contributed by atoms with Crippen LogP contribution in [0.4, 0.5) is 5.82 Å². The van der Waals surface area contributed by atoms with E-state index in [0.717, 1.165) is 43.7 Å². The molecule has 9 heteroatoms. The molecule has 3 atom stereocenters. The van der Waals surface area contributed by atoms with Gasteiger partial charge in [-0.1, -0.05) is 48.5 Å². The first-order chi connectivity index (χ1) is 21.1. The monoisotopic (exact) mass is 598 g/mol. The quantitative estimate of drug-likeness (QED) is 0.263. The lowest BCUT2D eigenvalue weighted by molar-refractivity contribution is -0.128. The number of fused-ring (bicyclic) bond motifs is 2. The van der Waals surface area contributed by atoms with Gasteiger partial charge >= 0.3 is 6.01 Å². The second-order valence-electron chi connectivity index (χ2n) is 11.9. The summed E-state index contributed by atoms with van der Waals surface area (Å²) >= 11 is 5.77. The molecule has 1 aliphatic carbocycles. The summed E-state index contributed by atoms with van der Waals surface area (Å²) in [6.45, 7) is 3.32. The van der Waals surface area contributed by atoms with E-state index in [1.807, 2.05) is 0 Å². The van der Waals surface area contributed by atoms with Crippen molar-refractivity contribution in [3.8, 4) is 12.1 Å². The van der Waals surface area contributed by atoms with Gasteiger partial charge in [0.05, 0.1) is 24.2 Å². The Hall–Kier alpha value is -3.67. The van der Waals surface area contributed by atoms with Gasteiger partial charge in [0.15, 0.2) is 0 Å². The third-order valence-corrected chi connectivity index (χ3v) is 9.49. The molecule has 3 aromatic rings. The van der Waals surface area contributed by atoms with Gasteiger partial charge in [-0.2, -0.15) is 15.2 Å². The average molecular weight is 599 g/mol. The Labute approximate surface area is 258 Å². The number of aromatic nitrogens is 2. The first kappa shape index (κ1) is 29.4.